The second kappa shape index (κ2) is 8.55. The lowest BCUT2D eigenvalue weighted by molar-refractivity contribution is -0.386. The Morgan fingerprint density at radius 3 is 2.55 bits per heavy atom. The highest BCUT2D eigenvalue weighted by molar-refractivity contribution is 5.90. The van der Waals surface area contributed by atoms with Crippen LogP contribution in [-0.4, -0.2) is 27.7 Å². The molecule has 0 fully saturated rings. The molecule has 0 bridgehead atoms. The SMILES string of the molecule is COc1ccc(NC(=O)Cn2nc(C)c([N+](=O)[O-])c2C)cc1Cc1ccccc1. The second-order valence-electron chi connectivity index (χ2n) is 6.67. The van der Waals surface area contributed by atoms with Crippen molar-refractivity contribution in [2.45, 2.75) is 26.8 Å². The first-order valence-electron chi connectivity index (χ1n) is 9.08. The Morgan fingerprint density at radius 2 is 1.93 bits per heavy atom. The van der Waals surface area contributed by atoms with Gasteiger partial charge in [0.1, 0.15) is 23.7 Å². The van der Waals surface area contributed by atoms with E-state index in [0.717, 1.165) is 16.9 Å². The molecule has 1 N–H and O–H groups in total. The summed E-state index contributed by atoms with van der Waals surface area (Å²) in [5, 5.41) is 18.1. The molecule has 1 heterocycles. The molecule has 0 spiro atoms. The largest absolute Gasteiger partial charge is 0.496 e. The average Bonchev–Trinajstić information content (AvgIpc) is 2.96. The summed E-state index contributed by atoms with van der Waals surface area (Å²) in [6, 6.07) is 15.4. The molecular formula is C21H22N4O4. The maximum atomic E-state index is 12.5. The maximum Gasteiger partial charge on any atom is 0.312 e. The Labute approximate surface area is 168 Å². The number of rotatable bonds is 7. The van der Waals surface area contributed by atoms with Crippen LogP contribution >= 0.6 is 0 Å². The van der Waals surface area contributed by atoms with Crippen molar-refractivity contribution < 1.29 is 14.5 Å². The van der Waals surface area contributed by atoms with Crippen LogP contribution in [0.5, 0.6) is 5.75 Å². The van der Waals surface area contributed by atoms with Crippen molar-refractivity contribution in [3.05, 3.63) is 81.2 Å². The molecule has 8 heteroatoms. The van der Waals surface area contributed by atoms with Crippen LogP contribution in [0.2, 0.25) is 0 Å². The first kappa shape index (κ1) is 20.1. The Morgan fingerprint density at radius 1 is 1.21 bits per heavy atom. The highest BCUT2D eigenvalue weighted by Crippen LogP contribution is 2.26. The van der Waals surface area contributed by atoms with E-state index in [1.165, 1.54) is 4.68 Å². The molecule has 0 saturated heterocycles. The minimum Gasteiger partial charge on any atom is -0.496 e. The molecule has 3 aromatic rings. The van der Waals surface area contributed by atoms with Crippen LogP contribution in [-0.2, 0) is 17.8 Å². The zero-order valence-corrected chi connectivity index (χ0v) is 16.5. The fourth-order valence-electron chi connectivity index (χ4n) is 3.25. The van der Waals surface area contributed by atoms with Crippen LogP contribution in [0, 0.1) is 24.0 Å². The third kappa shape index (κ3) is 4.60. The number of aromatic nitrogens is 2. The summed E-state index contributed by atoms with van der Waals surface area (Å²) in [7, 11) is 1.61. The molecule has 29 heavy (non-hydrogen) atoms. The van der Waals surface area contributed by atoms with E-state index >= 15 is 0 Å². The van der Waals surface area contributed by atoms with Gasteiger partial charge in [-0.25, -0.2) is 0 Å². The highest BCUT2D eigenvalue weighted by atomic mass is 16.6. The van der Waals surface area contributed by atoms with E-state index in [0.29, 0.717) is 17.8 Å². The van der Waals surface area contributed by atoms with Gasteiger partial charge in [0.15, 0.2) is 0 Å². The molecular weight excluding hydrogens is 372 g/mol. The van der Waals surface area contributed by atoms with E-state index in [1.807, 2.05) is 42.5 Å². The quantitative estimate of drug-likeness (QED) is 0.487. The monoisotopic (exact) mass is 394 g/mol. The number of methoxy groups -OCH3 is 1. The Balaban J connectivity index is 1.76. The highest BCUT2D eigenvalue weighted by Gasteiger charge is 2.22. The van der Waals surface area contributed by atoms with Crippen molar-refractivity contribution in [3.63, 3.8) is 0 Å². The number of hydrogen-bond donors (Lipinski definition) is 1. The number of carbonyl (C=O) groups is 1. The predicted molar refractivity (Wildman–Crippen MR) is 109 cm³/mol. The van der Waals surface area contributed by atoms with E-state index in [1.54, 1.807) is 27.0 Å². The Hall–Kier alpha value is -3.68. The fourth-order valence-corrected chi connectivity index (χ4v) is 3.25. The van der Waals surface area contributed by atoms with Crippen molar-refractivity contribution in [1.82, 2.24) is 9.78 Å². The summed E-state index contributed by atoms with van der Waals surface area (Å²) in [5.41, 5.74) is 3.27. The summed E-state index contributed by atoms with van der Waals surface area (Å²) >= 11 is 0. The summed E-state index contributed by atoms with van der Waals surface area (Å²) in [4.78, 5) is 23.1. The first-order valence-corrected chi connectivity index (χ1v) is 9.08. The fraction of sp³-hybridized carbons (Fsp3) is 0.238. The number of ether oxygens (including phenoxy) is 1. The van der Waals surface area contributed by atoms with Crippen LogP contribution in [0.4, 0.5) is 11.4 Å². The second-order valence-corrected chi connectivity index (χ2v) is 6.67. The number of nitrogens with zero attached hydrogens (tertiary/aromatic N) is 3. The molecule has 1 aromatic heterocycles. The smallest absolute Gasteiger partial charge is 0.312 e. The van der Waals surface area contributed by atoms with Crippen molar-refractivity contribution in [3.8, 4) is 5.75 Å². The van der Waals surface area contributed by atoms with Gasteiger partial charge in [0.25, 0.3) is 0 Å². The number of amides is 1. The number of anilines is 1. The molecule has 150 valence electrons. The van der Waals surface area contributed by atoms with Gasteiger partial charge >= 0.3 is 5.69 Å². The zero-order chi connectivity index (χ0) is 21.0. The molecule has 2 aromatic carbocycles. The minimum atomic E-state index is -0.481. The molecule has 8 nitrogen and oxygen atoms in total. The number of nitrogens with one attached hydrogen (secondary N) is 1. The lowest BCUT2D eigenvalue weighted by atomic mass is 10.0. The Bertz CT molecular complexity index is 1040. The molecule has 0 saturated carbocycles. The van der Waals surface area contributed by atoms with Crippen LogP contribution in [0.3, 0.4) is 0 Å². The first-order chi connectivity index (χ1) is 13.9. The number of nitro groups is 1. The topological polar surface area (TPSA) is 99.3 Å². The maximum absolute atomic E-state index is 12.5. The third-order valence-electron chi connectivity index (χ3n) is 4.62. The molecule has 0 aliphatic rings. The van der Waals surface area contributed by atoms with E-state index < -0.39 is 4.92 Å². The molecule has 0 aliphatic carbocycles. The minimum absolute atomic E-state index is 0.0626. The van der Waals surface area contributed by atoms with E-state index in [9.17, 15) is 14.9 Å². The summed E-state index contributed by atoms with van der Waals surface area (Å²) in [5.74, 6) is 0.419. The van der Waals surface area contributed by atoms with Gasteiger partial charge in [-0.05, 0) is 37.6 Å². The number of benzene rings is 2. The van der Waals surface area contributed by atoms with Crippen molar-refractivity contribution in [2.75, 3.05) is 12.4 Å². The van der Waals surface area contributed by atoms with Gasteiger partial charge in [-0.3, -0.25) is 19.6 Å². The van der Waals surface area contributed by atoms with Crippen LogP contribution in [0.15, 0.2) is 48.5 Å². The lowest BCUT2D eigenvalue weighted by Gasteiger charge is -2.12. The Kier molecular flexibility index (Phi) is 5.92. The van der Waals surface area contributed by atoms with E-state index in [-0.39, 0.29) is 23.8 Å². The third-order valence-corrected chi connectivity index (χ3v) is 4.62. The van der Waals surface area contributed by atoms with E-state index in [2.05, 4.69) is 10.4 Å². The predicted octanol–water partition coefficient (Wildman–Crippen LogP) is 3.65. The van der Waals surface area contributed by atoms with Gasteiger partial charge in [-0.15, -0.1) is 0 Å². The molecule has 0 unspecified atom stereocenters. The van der Waals surface area contributed by atoms with Gasteiger partial charge in [0.05, 0.1) is 12.0 Å². The van der Waals surface area contributed by atoms with Gasteiger partial charge in [-0.2, -0.15) is 5.10 Å². The average molecular weight is 394 g/mol. The molecule has 3 rings (SSSR count). The zero-order valence-electron chi connectivity index (χ0n) is 16.5. The van der Waals surface area contributed by atoms with Crippen molar-refractivity contribution in [2.24, 2.45) is 0 Å². The molecule has 0 atom stereocenters. The van der Waals surface area contributed by atoms with Gasteiger partial charge < -0.3 is 10.1 Å². The summed E-state index contributed by atoms with van der Waals surface area (Å²) in [6.07, 6.45) is 0.664. The standard InChI is InChI=1S/C21H22N4O4/c1-14-21(25(27)28)15(2)24(23-14)13-20(26)22-18-9-10-19(29-3)17(12-18)11-16-7-5-4-6-8-16/h4-10,12H,11,13H2,1-3H3,(H,22,26). The molecule has 1 amide bonds. The van der Waals surface area contributed by atoms with Crippen LogP contribution < -0.4 is 10.1 Å². The van der Waals surface area contributed by atoms with Crippen molar-refractivity contribution in [1.29, 1.82) is 0 Å². The lowest BCUT2D eigenvalue weighted by Crippen LogP contribution is -2.20. The molecule has 0 aliphatic heterocycles. The number of hydrogen-bond acceptors (Lipinski definition) is 5. The van der Waals surface area contributed by atoms with Gasteiger partial charge in [0.2, 0.25) is 5.91 Å². The van der Waals surface area contributed by atoms with Crippen LogP contribution in [0.25, 0.3) is 0 Å². The van der Waals surface area contributed by atoms with Gasteiger partial charge in [-0.1, -0.05) is 30.3 Å². The van der Waals surface area contributed by atoms with Gasteiger partial charge in [0, 0.05) is 17.7 Å². The number of carbonyl (C=O) groups excluding carboxylic acids is 1. The molecule has 0 radical (unpaired) electrons. The summed E-state index contributed by atoms with van der Waals surface area (Å²) < 4.78 is 6.78. The van der Waals surface area contributed by atoms with Crippen molar-refractivity contribution >= 4 is 17.3 Å². The number of aryl methyl sites for hydroxylation is 1. The van der Waals surface area contributed by atoms with E-state index in [4.69, 9.17) is 4.74 Å². The van der Waals surface area contributed by atoms with Crippen LogP contribution in [0.1, 0.15) is 22.5 Å². The summed E-state index contributed by atoms with van der Waals surface area (Å²) in [6.45, 7) is 3.02. The normalized spacial score (nSPS) is 10.6.